The highest BCUT2D eigenvalue weighted by Gasteiger charge is 2.34. The van der Waals surface area contributed by atoms with Crippen molar-refractivity contribution in [1.82, 2.24) is 15.2 Å². The summed E-state index contributed by atoms with van der Waals surface area (Å²) in [7, 11) is 0. The topological polar surface area (TPSA) is 98.1 Å². The first-order valence-electron chi connectivity index (χ1n) is 8.15. The second-order valence-electron chi connectivity index (χ2n) is 6.32. The summed E-state index contributed by atoms with van der Waals surface area (Å²) in [5, 5.41) is 14.8. The Morgan fingerprint density at radius 1 is 1.50 bits per heavy atom. The summed E-state index contributed by atoms with van der Waals surface area (Å²) >= 11 is 0. The van der Waals surface area contributed by atoms with Gasteiger partial charge in [0.2, 0.25) is 11.8 Å². The maximum absolute atomic E-state index is 12.2. The number of hydrogen-bond donors (Lipinski definition) is 2. The van der Waals surface area contributed by atoms with Gasteiger partial charge >= 0.3 is 0 Å². The van der Waals surface area contributed by atoms with Gasteiger partial charge in [-0.1, -0.05) is 13.8 Å². The Balaban J connectivity index is 1.74. The Kier molecular flexibility index (Phi) is 6.13. The van der Waals surface area contributed by atoms with Gasteiger partial charge in [-0.05, 0) is 18.1 Å². The second-order valence-corrected chi connectivity index (χ2v) is 6.32. The number of nitriles is 1. The zero-order valence-corrected chi connectivity index (χ0v) is 14.1. The fourth-order valence-corrected chi connectivity index (χ4v) is 2.71. The van der Waals surface area contributed by atoms with Gasteiger partial charge in [-0.3, -0.25) is 9.59 Å². The molecule has 7 heteroatoms. The lowest BCUT2D eigenvalue weighted by molar-refractivity contribution is -0.129. The molecule has 128 valence electrons. The summed E-state index contributed by atoms with van der Waals surface area (Å²) in [6, 6.07) is 5.44. The minimum absolute atomic E-state index is 0.0501. The lowest BCUT2D eigenvalue weighted by Crippen LogP contribution is -2.36. The Morgan fingerprint density at radius 2 is 2.29 bits per heavy atom. The fraction of sp³-hybridized carbons (Fsp3) is 0.529. The van der Waals surface area contributed by atoms with Crippen LogP contribution >= 0.6 is 0 Å². The van der Waals surface area contributed by atoms with Gasteiger partial charge in [0.05, 0.1) is 11.5 Å². The molecule has 2 heterocycles. The molecule has 1 saturated heterocycles. The van der Waals surface area contributed by atoms with Crippen LogP contribution in [0.25, 0.3) is 0 Å². The monoisotopic (exact) mass is 329 g/mol. The molecular weight excluding hydrogens is 306 g/mol. The molecule has 0 radical (unpaired) electrons. The molecule has 1 aromatic rings. The zero-order valence-electron chi connectivity index (χ0n) is 14.1. The van der Waals surface area contributed by atoms with E-state index in [9.17, 15) is 9.59 Å². The molecule has 2 amide bonds. The summed E-state index contributed by atoms with van der Waals surface area (Å²) in [6.07, 6.45) is 1.89. The number of carbonyl (C=O) groups excluding carboxylic acids is 2. The van der Waals surface area contributed by atoms with Crippen molar-refractivity contribution < 1.29 is 9.59 Å². The quantitative estimate of drug-likeness (QED) is 0.727. The number of rotatable bonds is 7. The van der Waals surface area contributed by atoms with Crippen molar-refractivity contribution in [2.45, 2.75) is 20.3 Å². The van der Waals surface area contributed by atoms with Crippen molar-refractivity contribution in [2.75, 3.05) is 31.5 Å². The average Bonchev–Trinajstić information content (AvgIpc) is 2.92. The number of likely N-dealkylation sites (tertiary alicyclic amines) is 1. The first kappa shape index (κ1) is 17.7. The van der Waals surface area contributed by atoms with Gasteiger partial charge in [0.15, 0.2) is 0 Å². The fourth-order valence-electron chi connectivity index (χ4n) is 2.71. The van der Waals surface area contributed by atoms with Gasteiger partial charge in [-0.2, -0.15) is 5.26 Å². The van der Waals surface area contributed by atoms with E-state index in [1.807, 2.05) is 0 Å². The normalized spacial score (nSPS) is 17.0. The van der Waals surface area contributed by atoms with E-state index in [2.05, 4.69) is 35.5 Å². The Labute approximate surface area is 142 Å². The highest BCUT2D eigenvalue weighted by atomic mass is 16.2. The molecule has 7 nitrogen and oxygen atoms in total. The molecule has 1 atom stereocenters. The zero-order chi connectivity index (χ0) is 17.5. The number of hydrogen-bond acceptors (Lipinski definition) is 5. The third kappa shape index (κ3) is 4.69. The number of aromatic nitrogens is 1. The van der Waals surface area contributed by atoms with E-state index in [0.717, 1.165) is 0 Å². The number of amides is 2. The van der Waals surface area contributed by atoms with Crippen molar-refractivity contribution >= 4 is 17.6 Å². The van der Waals surface area contributed by atoms with Crippen LogP contribution in [-0.2, 0) is 9.59 Å². The number of nitrogens with zero attached hydrogens (tertiary/aromatic N) is 3. The number of nitrogens with one attached hydrogen (secondary N) is 2. The second kappa shape index (κ2) is 8.29. The Hall–Kier alpha value is -2.62. The predicted molar refractivity (Wildman–Crippen MR) is 90.0 cm³/mol. The molecule has 2 rings (SSSR count). The third-order valence-corrected chi connectivity index (χ3v) is 3.82. The highest BCUT2D eigenvalue weighted by Crippen LogP contribution is 2.19. The minimum Gasteiger partial charge on any atom is -0.367 e. The van der Waals surface area contributed by atoms with Gasteiger partial charge in [-0.15, -0.1) is 0 Å². The van der Waals surface area contributed by atoms with Crippen molar-refractivity contribution in [2.24, 2.45) is 11.8 Å². The van der Waals surface area contributed by atoms with Gasteiger partial charge in [0, 0.05) is 38.8 Å². The maximum Gasteiger partial charge on any atom is 0.225 e. The van der Waals surface area contributed by atoms with E-state index in [4.69, 9.17) is 5.26 Å². The van der Waals surface area contributed by atoms with Crippen LogP contribution in [0.15, 0.2) is 18.3 Å². The van der Waals surface area contributed by atoms with Crippen LogP contribution in [0.5, 0.6) is 0 Å². The number of pyridine rings is 1. The van der Waals surface area contributed by atoms with Crippen molar-refractivity contribution in [1.29, 1.82) is 5.26 Å². The Bertz CT molecular complexity index is 638. The molecule has 0 saturated carbocycles. The van der Waals surface area contributed by atoms with E-state index in [0.29, 0.717) is 43.5 Å². The summed E-state index contributed by atoms with van der Waals surface area (Å²) in [6.45, 7) is 6.18. The number of anilines is 1. The first-order valence-corrected chi connectivity index (χ1v) is 8.15. The van der Waals surface area contributed by atoms with Gasteiger partial charge < -0.3 is 15.5 Å². The molecule has 1 aromatic heterocycles. The van der Waals surface area contributed by atoms with Crippen molar-refractivity contribution in [3.05, 3.63) is 23.9 Å². The van der Waals surface area contributed by atoms with E-state index in [1.165, 1.54) is 0 Å². The van der Waals surface area contributed by atoms with Gasteiger partial charge in [0.25, 0.3) is 0 Å². The third-order valence-electron chi connectivity index (χ3n) is 3.82. The average molecular weight is 329 g/mol. The molecule has 24 heavy (non-hydrogen) atoms. The molecule has 2 N–H and O–H groups in total. The molecular formula is C17H23N5O2. The smallest absolute Gasteiger partial charge is 0.225 e. The van der Waals surface area contributed by atoms with Crippen LogP contribution < -0.4 is 10.6 Å². The summed E-state index contributed by atoms with van der Waals surface area (Å²) < 4.78 is 0. The Morgan fingerprint density at radius 3 is 3.00 bits per heavy atom. The molecule has 0 unspecified atom stereocenters. The number of carbonyl (C=O) groups is 2. The lowest BCUT2D eigenvalue weighted by atomic mass is 10.1. The van der Waals surface area contributed by atoms with Crippen LogP contribution in [0.3, 0.4) is 0 Å². The maximum atomic E-state index is 12.2. The van der Waals surface area contributed by atoms with E-state index >= 15 is 0 Å². The predicted octanol–water partition coefficient (Wildman–Crippen LogP) is 0.986. The summed E-state index contributed by atoms with van der Waals surface area (Å²) in [5.74, 6) is 0.578. The van der Waals surface area contributed by atoms with Crippen LogP contribution in [0.1, 0.15) is 25.8 Å². The molecule has 0 aromatic carbocycles. The van der Waals surface area contributed by atoms with E-state index < -0.39 is 0 Å². The summed E-state index contributed by atoms with van der Waals surface area (Å²) in [5.41, 5.74) is 0.467. The van der Waals surface area contributed by atoms with E-state index in [1.54, 1.807) is 23.2 Å². The van der Waals surface area contributed by atoms with Crippen LogP contribution in [0.2, 0.25) is 0 Å². The molecule has 0 aliphatic carbocycles. The molecule has 1 fully saturated rings. The molecule has 0 bridgehead atoms. The van der Waals surface area contributed by atoms with Crippen LogP contribution in [0.4, 0.5) is 5.82 Å². The standard InChI is InChI=1S/C17H23N5O2/c1-12(2)10-22-11-14(8-15(22)23)17(24)21-7-6-20-16-13(9-18)4-3-5-19-16/h3-5,12,14H,6-8,10-11H2,1-2H3,(H,19,20)(H,21,24)/t14-/m1/s1. The largest absolute Gasteiger partial charge is 0.367 e. The molecule has 1 aliphatic heterocycles. The molecule has 0 spiro atoms. The van der Waals surface area contributed by atoms with E-state index in [-0.39, 0.29) is 24.2 Å². The van der Waals surface area contributed by atoms with Crippen LogP contribution in [0, 0.1) is 23.2 Å². The lowest BCUT2D eigenvalue weighted by Gasteiger charge is -2.18. The van der Waals surface area contributed by atoms with Gasteiger partial charge in [0.1, 0.15) is 11.9 Å². The highest BCUT2D eigenvalue weighted by molar-refractivity contribution is 5.89. The van der Waals surface area contributed by atoms with Crippen molar-refractivity contribution in [3.8, 4) is 6.07 Å². The van der Waals surface area contributed by atoms with Crippen molar-refractivity contribution in [3.63, 3.8) is 0 Å². The van der Waals surface area contributed by atoms with Crippen LogP contribution in [-0.4, -0.2) is 47.9 Å². The summed E-state index contributed by atoms with van der Waals surface area (Å²) in [4.78, 5) is 29.9. The van der Waals surface area contributed by atoms with Gasteiger partial charge in [-0.25, -0.2) is 4.98 Å². The minimum atomic E-state index is -0.277. The SMILES string of the molecule is CC(C)CN1C[C@H](C(=O)NCCNc2ncccc2C#N)CC1=O. The molecule has 1 aliphatic rings. The first-order chi connectivity index (χ1) is 11.5.